The van der Waals surface area contributed by atoms with Gasteiger partial charge in [-0.2, -0.15) is 0 Å². The molecule has 0 aliphatic carbocycles. The van der Waals surface area contributed by atoms with Gasteiger partial charge in [0.05, 0.1) is 5.69 Å². The topological polar surface area (TPSA) is 53.7 Å². The fraction of sp³-hybridized carbons (Fsp3) is 0.273. The molecule has 0 atom stereocenters. The lowest BCUT2D eigenvalue weighted by Gasteiger charge is -2.22. The molecule has 0 aliphatic heterocycles. The molecule has 3 rings (SSSR count). The Morgan fingerprint density at radius 1 is 1.21 bits per heavy atom. The number of rotatable bonds is 6. The minimum absolute atomic E-state index is 0.232. The monoisotopic (exact) mass is 380 g/mol. The van der Waals surface area contributed by atoms with Crippen LogP contribution in [0.25, 0.3) is 11.5 Å². The Labute approximate surface area is 164 Å². The van der Waals surface area contributed by atoms with Crippen LogP contribution < -0.4 is 5.32 Å². The molecular weight excluding hydrogens is 355 g/mol. The summed E-state index contributed by atoms with van der Waals surface area (Å²) in [7, 11) is 3.65. The van der Waals surface area contributed by atoms with Gasteiger partial charge in [0.2, 0.25) is 5.89 Å². The number of nitrogens with one attached hydrogen (secondary N) is 1. The molecule has 3 aromatic rings. The second kappa shape index (κ2) is 9.17. The van der Waals surface area contributed by atoms with E-state index in [1.807, 2.05) is 42.3 Å². The number of aromatic nitrogens is 1. The van der Waals surface area contributed by atoms with E-state index in [0.717, 1.165) is 22.8 Å². The van der Waals surface area contributed by atoms with Crippen molar-refractivity contribution in [2.45, 2.75) is 19.9 Å². The van der Waals surface area contributed by atoms with Gasteiger partial charge in [0.15, 0.2) is 5.96 Å². The molecule has 0 unspecified atom stereocenters. The summed E-state index contributed by atoms with van der Waals surface area (Å²) < 4.78 is 19.0. The fourth-order valence-corrected chi connectivity index (χ4v) is 2.92. The van der Waals surface area contributed by atoms with Crippen LogP contribution >= 0.6 is 0 Å². The first-order valence-electron chi connectivity index (χ1n) is 9.23. The molecule has 28 heavy (non-hydrogen) atoms. The molecule has 6 heteroatoms. The maximum absolute atomic E-state index is 13.4. The van der Waals surface area contributed by atoms with E-state index in [9.17, 15) is 4.39 Å². The molecule has 0 aliphatic rings. The van der Waals surface area contributed by atoms with Crippen LogP contribution in [0, 0.1) is 12.7 Å². The van der Waals surface area contributed by atoms with Gasteiger partial charge >= 0.3 is 0 Å². The highest BCUT2D eigenvalue weighted by atomic mass is 19.1. The van der Waals surface area contributed by atoms with E-state index >= 15 is 0 Å². The summed E-state index contributed by atoms with van der Waals surface area (Å²) in [6.45, 7) is 3.29. The van der Waals surface area contributed by atoms with Gasteiger partial charge in [0.25, 0.3) is 0 Å². The van der Waals surface area contributed by atoms with Crippen molar-refractivity contribution in [2.75, 3.05) is 20.6 Å². The Kier molecular flexibility index (Phi) is 6.42. The minimum Gasteiger partial charge on any atom is -0.444 e. The summed E-state index contributed by atoms with van der Waals surface area (Å²) in [6.07, 6.45) is 2.40. The maximum atomic E-state index is 13.4. The SMILES string of the molecule is CN=C(NCCc1coc(-c2ccc(C)cc2)n1)N(C)Cc1cccc(F)c1. The number of hydrogen-bond donors (Lipinski definition) is 1. The van der Waals surface area contributed by atoms with E-state index in [1.54, 1.807) is 19.4 Å². The van der Waals surface area contributed by atoms with Gasteiger partial charge in [-0.3, -0.25) is 4.99 Å². The Bertz CT molecular complexity index is 934. The first-order valence-corrected chi connectivity index (χ1v) is 9.23. The lowest BCUT2D eigenvalue weighted by molar-refractivity contribution is 0.475. The van der Waals surface area contributed by atoms with Gasteiger partial charge in [-0.05, 0) is 36.8 Å². The second-order valence-electron chi connectivity index (χ2n) is 6.72. The number of aliphatic imine (C=N–C) groups is 1. The third-order valence-electron chi connectivity index (χ3n) is 4.40. The van der Waals surface area contributed by atoms with E-state index in [4.69, 9.17) is 4.42 Å². The van der Waals surface area contributed by atoms with Crippen molar-refractivity contribution in [3.05, 3.63) is 77.4 Å². The molecular formula is C22H25FN4O. The van der Waals surface area contributed by atoms with E-state index in [1.165, 1.54) is 17.7 Å². The predicted molar refractivity (Wildman–Crippen MR) is 110 cm³/mol. The van der Waals surface area contributed by atoms with Crippen LogP contribution in [0.3, 0.4) is 0 Å². The van der Waals surface area contributed by atoms with Crippen molar-refractivity contribution < 1.29 is 8.81 Å². The average Bonchev–Trinajstić information content (AvgIpc) is 3.14. The largest absolute Gasteiger partial charge is 0.444 e. The maximum Gasteiger partial charge on any atom is 0.226 e. The summed E-state index contributed by atoms with van der Waals surface area (Å²) in [6, 6.07) is 14.7. The molecule has 146 valence electrons. The Morgan fingerprint density at radius 2 is 2.00 bits per heavy atom. The predicted octanol–water partition coefficient (Wildman–Crippen LogP) is 4.04. The van der Waals surface area contributed by atoms with Crippen LogP contribution in [-0.2, 0) is 13.0 Å². The summed E-state index contributed by atoms with van der Waals surface area (Å²) in [5.74, 6) is 1.14. The molecule has 0 bridgehead atoms. The lowest BCUT2D eigenvalue weighted by Crippen LogP contribution is -2.39. The standard InChI is InChI=1S/C22H25FN4O/c1-16-7-9-18(10-8-16)21-26-20(15-28-21)11-12-25-22(24-2)27(3)14-17-5-4-6-19(23)13-17/h4-10,13,15H,11-12,14H2,1-3H3,(H,24,25). The van der Waals surface area contributed by atoms with Gasteiger partial charge < -0.3 is 14.6 Å². The molecule has 2 aromatic carbocycles. The highest BCUT2D eigenvalue weighted by Gasteiger charge is 2.09. The minimum atomic E-state index is -0.232. The van der Waals surface area contributed by atoms with Gasteiger partial charge in [0.1, 0.15) is 12.1 Å². The number of halogens is 1. The Hall–Kier alpha value is -3.15. The van der Waals surface area contributed by atoms with Gasteiger partial charge in [-0.15, -0.1) is 0 Å². The number of nitrogens with zero attached hydrogens (tertiary/aromatic N) is 3. The normalized spacial score (nSPS) is 11.5. The fourth-order valence-electron chi connectivity index (χ4n) is 2.92. The lowest BCUT2D eigenvalue weighted by atomic mass is 10.1. The van der Waals surface area contributed by atoms with Crippen molar-refractivity contribution >= 4 is 5.96 Å². The molecule has 0 spiro atoms. The zero-order chi connectivity index (χ0) is 19.9. The van der Waals surface area contributed by atoms with Crippen LogP contribution in [-0.4, -0.2) is 36.5 Å². The molecule has 1 N–H and O–H groups in total. The third kappa shape index (κ3) is 5.19. The summed E-state index contributed by atoms with van der Waals surface area (Å²) in [5.41, 5.74) is 3.94. The van der Waals surface area contributed by atoms with Gasteiger partial charge in [-0.1, -0.05) is 29.8 Å². The van der Waals surface area contributed by atoms with Crippen LogP contribution in [0.1, 0.15) is 16.8 Å². The van der Waals surface area contributed by atoms with E-state index in [0.29, 0.717) is 25.4 Å². The number of guanidine groups is 1. The summed E-state index contributed by atoms with van der Waals surface area (Å²) in [4.78, 5) is 10.8. The first kappa shape index (κ1) is 19.6. The molecule has 0 amide bonds. The summed E-state index contributed by atoms with van der Waals surface area (Å²) >= 11 is 0. The van der Waals surface area contributed by atoms with Crippen LogP contribution in [0.15, 0.2) is 64.2 Å². The Balaban J connectivity index is 1.52. The molecule has 0 radical (unpaired) electrons. The third-order valence-corrected chi connectivity index (χ3v) is 4.40. The molecule has 1 heterocycles. The molecule has 0 fully saturated rings. The second-order valence-corrected chi connectivity index (χ2v) is 6.72. The smallest absolute Gasteiger partial charge is 0.226 e. The first-order chi connectivity index (χ1) is 13.5. The number of benzene rings is 2. The van der Waals surface area contributed by atoms with Crippen LogP contribution in [0.2, 0.25) is 0 Å². The molecule has 0 saturated carbocycles. The van der Waals surface area contributed by atoms with Crippen molar-refractivity contribution in [1.82, 2.24) is 15.2 Å². The van der Waals surface area contributed by atoms with E-state index in [-0.39, 0.29) is 5.82 Å². The molecule has 5 nitrogen and oxygen atoms in total. The average molecular weight is 380 g/mol. The number of hydrogen-bond acceptors (Lipinski definition) is 3. The molecule has 0 saturated heterocycles. The quantitative estimate of drug-likeness (QED) is 0.518. The van der Waals surface area contributed by atoms with Crippen LogP contribution in [0.5, 0.6) is 0 Å². The van der Waals surface area contributed by atoms with Crippen molar-refractivity contribution in [1.29, 1.82) is 0 Å². The Morgan fingerprint density at radius 3 is 2.71 bits per heavy atom. The van der Waals surface area contributed by atoms with Gasteiger partial charge in [0, 0.05) is 39.2 Å². The summed E-state index contributed by atoms with van der Waals surface area (Å²) in [5, 5.41) is 3.31. The van der Waals surface area contributed by atoms with Crippen molar-refractivity contribution in [2.24, 2.45) is 4.99 Å². The van der Waals surface area contributed by atoms with E-state index in [2.05, 4.69) is 22.2 Å². The van der Waals surface area contributed by atoms with Crippen molar-refractivity contribution in [3.8, 4) is 11.5 Å². The number of oxazole rings is 1. The zero-order valence-electron chi connectivity index (χ0n) is 16.4. The van der Waals surface area contributed by atoms with E-state index < -0.39 is 0 Å². The molecule has 1 aromatic heterocycles. The van der Waals surface area contributed by atoms with Crippen molar-refractivity contribution in [3.63, 3.8) is 0 Å². The number of aryl methyl sites for hydroxylation is 1. The highest BCUT2D eigenvalue weighted by Crippen LogP contribution is 2.19. The van der Waals surface area contributed by atoms with Crippen LogP contribution in [0.4, 0.5) is 4.39 Å². The highest BCUT2D eigenvalue weighted by molar-refractivity contribution is 5.79. The zero-order valence-corrected chi connectivity index (χ0v) is 16.4. The van der Waals surface area contributed by atoms with Gasteiger partial charge in [-0.25, -0.2) is 9.37 Å².